The van der Waals surface area contributed by atoms with Crippen LogP contribution in [0, 0.1) is 6.92 Å². The van der Waals surface area contributed by atoms with Gasteiger partial charge in [-0.25, -0.2) is 0 Å². The third kappa shape index (κ3) is 3.48. The zero-order valence-corrected chi connectivity index (χ0v) is 12.9. The second kappa shape index (κ2) is 6.71. The van der Waals surface area contributed by atoms with Gasteiger partial charge < -0.3 is 5.32 Å². The minimum absolute atomic E-state index is 0.305. The normalized spacial score (nSPS) is 12.8. The molecule has 1 aromatic heterocycles. The molecule has 0 aliphatic rings. The Balaban J connectivity index is 2.17. The monoisotopic (exact) mass is 271 g/mol. The van der Waals surface area contributed by atoms with Gasteiger partial charge >= 0.3 is 0 Å². The maximum absolute atomic E-state index is 4.39. The van der Waals surface area contributed by atoms with Crippen LogP contribution in [-0.2, 0) is 6.54 Å². The summed E-state index contributed by atoms with van der Waals surface area (Å²) in [6.07, 6.45) is 1.86. The number of aryl methyl sites for hydroxylation is 1. The van der Waals surface area contributed by atoms with Crippen molar-refractivity contribution in [2.75, 3.05) is 6.54 Å². The Morgan fingerprint density at radius 2 is 1.75 bits per heavy atom. The molecule has 0 spiro atoms. The van der Waals surface area contributed by atoms with Crippen molar-refractivity contribution in [3.8, 4) is 0 Å². The van der Waals surface area contributed by atoms with Gasteiger partial charge in [-0.15, -0.1) is 0 Å². The van der Waals surface area contributed by atoms with Crippen LogP contribution in [-0.4, -0.2) is 16.3 Å². The van der Waals surface area contributed by atoms with Crippen LogP contribution in [0.15, 0.2) is 36.5 Å². The van der Waals surface area contributed by atoms with Crippen molar-refractivity contribution in [2.45, 2.75) is 46.2 Å². The maximum atomic E-state index is 4.39. The van der Waals surface area contributed by atoms with Gasteiger partial charge in [-0.3, -0.25) is 4.68 Å². The molecule has 3 nitrogen and oxygen atoms in total. The number of nitrogens with zero attached hydrogens (tertiary/aromatic N) is 2. The predicted octanol–water partition coefficient (Wildman–Crippen LogP) is 3.67. The fourth-order valence-electron chi connectivity index (χ4n) is 2.41. The number of hydrogen-bond acceptors (Lipinski definition) is 2. The predicted molar refractivity (Wildman–Crippen MR) is 83.9 cm³/mol. The average molecular weight is 271 g/mol. The summed E-state index contributed by atoms with van der Waals surface area (Å²) in [5.41, 5.74) is 3.91. The zero-order chi connectivity index (χ0) is 14.5. The van der Waals surface area contributed by atoms with Gasteiger partial charge in [0.25, 0.3) is 0 Å². The first-order valence-electron chi connectivity index (χ1n) is 7.43. The molecule has 0 radical (unpaired) electrons. The summed E-state index contributed by atoms with van der Waals surface area (Å²) in [5.74, 6) is 0.579. The molecule has 1 heterocycles. The molecule has 2 rings (SSSR count). The molecule has 1 unspecified atom stereocenters. The summed E-state index contributed by atoms with van der Waals surface area (Å²) in [5, 5.41) is 7.94. The van der Waals surface area contributed by atoms with Crippen LogP contribution in [0.2, 0.25) is 0 Å². The highest BCUT2D eigenvalue weighted by molar-refractivity contribution is 5.27. The van der Waals surface area contributed by atoms with Gasteiger partial charge in [0.1, 0.15) is 0 Å². The van der Waals surface area contributed by atoms with Gasteiger partial charge in [0.2, 0.25) is 0 Å². The molecule has 0 aliphatic carbocycles. The highest BCUT2D eigenvalue weighted by Gasteiger charge is 2.12. The maximum Gasteiger partial charge on any atom is 0.0607 e. The summed E-state index contributed by atoms with van der Waals surface area (Å²) in [6.45, 7) is 10.5. The number of hydrogen-bond donors (Lipinski definition) is 1. The minimum Gasteiger partial charge on any atom is -0.309 e. The van der Waals surface area contributed by atoms with E-state index in [0.29, 0.717) is 12.0 Å². The molecule has 108 valence electrons. The van der Waals surface area contributed by atoms with Crippen molar-refractivity contribution in [1.82, 2.24) is 15.1 Å². The molecular weight excluding hydrogens is 246 g/mol. The lowest BCUT2D eigenvalue weighted by Crippen LogP contribution is -2.26. The van der Waals surface area contributed by atoms with Crippen molar-refractivity contribution >= 4 is 0 Å². The summed E-state index contributed by atoms with van der Waals surface area (Å²) in [6, 6.07) is 11.3. The molecule has 0 aliphatic heterocycles. The summed E-state index contributed by atoms with van der Waals surface area (Å²) in [7, 11) is 0. The van der Waals surface area contributed by atoms with Crippen molar-refractivity contribution in [1.29, 1.82) is 0 Å². The molecule has 2 aromatic rings. The quantitative estimate of drug-likeness (QED) is 0.869. The van der Waals surface area contributed by atoms with Gasteiger partial charge in [0.15, 0.2) is 0 Å². The number of benzene rings is 1. The van der Waals surface area contributed by atoms with Crippen LogP contribution in [0.1, 0.15) is 49.6 Å². The molecular formula is C17H25N3. The van der Waals surface area contributed by atoms with E-state index in [9.17, 15) is 0 Å². The minimum atomic E-state index is 0.305. The van der Waals surface area contributed by atoms with Crippen molar-refractivity contribution in [3.63, 3.8) is 0 Å². The lowest BCUT2D eigenvalue weighted by molar-refractivity contribution is 0.442. The summed E-state index contributed by atoms with van der Waals surface area (Å²) >= 11 is 0. The Morgan fingerprint density at radius 1 is 1.10 bits per heavy atom. The van der Waals surface area contributed by atoms with E-state index < -0.39 is 0 Å². The van der Waals surface area contributed by atoms with E-state index in [1.165, 1.54) is 16.8 Å². The largest absolute Gasteiger partial charge is 0.309 e. The van der Waals surface area contributed by atoms with Gasteiger partial charge in [-0.05, 0) is 36.6 Å². The zero-order valence-electron chi connectivity index (χ0n) is 12.9. The Kier molecular flexibility index (Phi) is 4.96. The highest BCUT2D eigenvalue weighted by atomic mass is 15.3. The SMILES string of the molecule is CCNC(Cn1nccc1C)c1ccc(C(C)C)cc1. The first-order chi connectivity index (χ1) is 9.61. The first kappa shape index (κ1) is 14.8. The Labute approximate surface area is 122 Å². The smallest absolute Gasteiger partial charge is 0.0607 e. The molecule has 3 heteroatoms. The molecule has 0 amide bonds. The van der Waals surface area contributed by atoms with Crippen molar-refractivity contribution in [3.05, 3.63) is 53.3 Å². The van der Waals surface area contributed by atoms with Crippen LogP contribution in [0.3, 0.4) is 0 Å². The fraction of sp³-hybridized carbons (Fsp3) is 0.471. The Hall–Kier alpha value is -1.61. The molecule has 1 aromatic carbocycles. The Bertz CT molecular complexity index is 525. The third-order valence-electron chi connectivity index (χ3n) is 3.74. The standard InChI is InChI=1S/C17H25N3/c1-5-18-17(12-20-14(4)10-11-19-20)16-8-6-15(7-9-16)13(2)3/h6-11,13,17-18H,5,12H2,1-4H3. The first-order valence-corrected chi connectivity index (χ1v) is 7.43. The number of rotatable bonds is 6. The van der Waals surface area contributed by atoms with Gasteiger partial charge in [0.05, 0.1) is 12.6 Å². The Morgan fingerprint density at radius 3 is 2.25 bits per heavy atom. The molecule has 0 saturated carbocycles. The second-order valence-corrected chi connectivity index (χ2v) is 5.59. The van der Waals surface area contributed by atoms with Gasteiger partial charge in [-0.2, -0.15) is 5.10 Å². The van der Waals surface area contributed by atoms with Crippen molar-refractivity contribution < 1.29 is 0 Å². The van der Waals surface area contributed by atoms with Crippen LogP contribution < -0.4 is 5.32 Å². The van der Waals surface area contributed by atoms with Crippen LogP contribution in [0.25, 0.3) is 0 Å². The molecule has 1 atom stereocenters. The van der Waals surface area contributed by atoms with Crippen LogP contribution >= 0.6 is 0 Å². The molecule has 20 heavy (non-hydrogen) atoms. The van der Waals surface area contributed by atoms with Crippen LogP contribution in [0.4, 0.5) is 0 Å². The lowest BCUT2D eigenvalue weighted by atomic mass is 9.99. The van der Waals surface area contributed by atoms with Crippen molar-refractivity contribution in [2.24, 2.45) is 0 Å². The fourth-order valence-corrected chi connectivity index (χ4v) is 2.41. The second-order valence-electron chi connectivity index (χ2n) is 5.59. The number of nitrogens with one attached hydrogen (secondary N) is 1. The van der Waals surface area contributed by atoms with E-state index >= 15 is 0 Å². The topological polar surface area (TPSA) is 29.9 Å². The van der Waals surface area contributed by atoms with E-state index in [1.54, 1.807) is 0 Å². The molecule has 0 bridgehead atoms. The average Bonchev–Trinajstić information content (AvgIpc) is 2.84. The van der Waals surface area contributed by atoms with Gasteiger partial charge in [0, 0.05) is 11.9 Å². The van der Waals surface area contributed by atoms with E-state index in [2.05, 4.69) is 67.1 Å². The lowest BCUT2D eigenvalue weighted by Gasteiger charge is -2.20. The van der Waals surface area contributed by atoms with Crippen LogP contribution in [0.5, 0.6) is 0 Å². The summed E-state index contributed by atoms with van der Waals surface area (Å²) in [4.78, 5) is 0. The molecule has 0 fully saturated rings. The summed E-state index contributed by atoms with van der Waals surface area (Å²) < 4.78 is 2.06. The number of aromatic nitrogens is 2. The molecule has 1 N–H and O–H groups in total. The molecule has 0 saturated heterocycles. The van der Waals surface area contributed by atoms with E-state index in [1.807, 2.05) is 12.3 Å². The van der Waals surface area contributed by atoms with E-state index in [4.69, 9.17) is 0 Å². The highest BCUT2D eigenvalue weighted by Crippen LogP contribution is 2.20. The number of likely N-dealkylation sites (N-methyl/N-ethyl adjacent to an activating group) is 1. The third-order valence-corrected chi connectivity index (χ3v) is 3.74. The van der Waals surface area contributed by atoms with E-state index in [-0.39, 0.29) is 0 Å². The van der Waals surface area contributed by atoms with Gasteiger partial charge in [-0.1, -0.05) is 45.0 Å². The van der Waals surface area contributed by atoms with E-state index in [0.717, 1.165) is 13.1 Å².